The van der Waals surface area contributed by atoms with E-state index in [0.717, 1.165) is 6.54 Å². The van der Waals surface area contributed by atoms with Gasteiger partial charge in [-0.3, -0.25) is 0 Å². The highest BCUT2D eigenvalue weighted by Crippen LogP contribution is 1.99. The van der Waals surface area contributed by atoms with Gasteiger partial charge >= 0.3 is 0 Å². The molecule has 1 N–H and O–H groups in total. The summed E-state index contributed by atoms with van der Waals surface area (Å²) >= 11 is 0. The first-order valence-electron chi connectivity index (χ1n) is 6.39. The van der Waals surface area contributed by atoms with Gasteiger partial charge in [0.25, 0.3) is 0 Å². The fraction of sp³-hybridized carbons (Fsp3) is 1.00. The molecular weight excluding hydrogens is 184 g/mol. The quantitative estimate of drug-likeness (QED) is 0.625. The minimum absolute atomic E-state index is 0.265. The van der Waals surface area contributed by atoms with Crippen molar-refractivity contribution in [1.82, 2.24) is 10.2 Å². The topological polar surface area (TPSA) is 15.3 Å². The summed E-state index contributed by atoms with van der Waals surface area (Å²) in [5, 5.41) is 3.52. The molecule has 0 aliphatic rings. The first-order chi connectivity index (χ1) is 6.95. The van der Waals surface area contributed by atoms with Gasteiger partial charge in [0.15, 0.2) is 0 Å². The summed E-state index contributed by atoms with van der Waals surface area (Å²) in [6.07, 6.45) is 5.28. The maximum atomic E-state index is 3.52. The number of hydrogen-bond donors (Lipinski definition) is 1. The van der Waals surface area contributed by atoms with E-state index in [0.29, 0.717) is 0 Å². The first-order valence-corrected chi connectivity index (χ1v) is 6.39. The molecule has 0 aliphatic carbocycles. The Hall–Kier alpha value is -0.0800. The third-order valence-corrected chi connectivity index (χ3v) is 2.52. The Labute approximate surface area is 96.4 Å². The van der Waals surface area contributed by atoms with E-state index in [2.05, 4.69) is 45.0 Å². The fourth-order valence-corrected chi connectivity index (χ4v) is 1.56. The van der Waals surface area contributed by atoms with Gasteiger partial charge in [0.1, 0.15) is 0 Å². The molecule has 0 saturated carbocycles. The molecule has 0 aromatic rings. The van der Waals surface area contributed by atoms with Crippen LogP contribution in [0.3, 0.4) is 0 Å². The maximum Gasteiger partial charge on any atom is 0.00965 e. The van der Waals surface area contributed by atoms with Crippen LogP contribution in [0.25, 0.3) is 0 Å². The van der Waals surface area contributed by atoms with E-state index in [1.807, 2.05) is 0 Å². The minimum Gasteiger partial charge on any atom is -0.312 e. The number of nitrogens with one attached hydrogen (secondary N) is 1. The van der Waals surface area contributed by atoms with E-state index in [9.17, 15) is 0 Å². The molecule has 0 unspecified atom stereocenters. The van der Waals surface area contributed by atoms with E-state index in [4.69, 9.17) is 0 Å². The standard InChI is InChI=1S/C13H30N2/c1-6-7-8-11-15(5)12-9-10-14-13(2,3)4/h14H,6-12H2,1-5H3. The van der Waals surface area contributed by atoms with Crippen molar-refractivity contribution in [2.75, 3.05) is 26.7 Å². The molecule has 0 aromatic heterocycles. The zero-order valence-corrected chi connectivity index (χ0v) is 11.4. The highest BCUT2D eigenvalue weighted by molar-refractivity contribution is 4.70. The lowest BCUT2D eigenvalue weighted by Crippen LogP contribution is -2.37. The van der Waals surface area contributed by atoms with Crippen LogP contribution in [0.2, 0.25) is 0 Å². The summed E-state index contributed by atoms with van der Waals surface area (Å²) in [5.74, 6) is 0. The van der Waals surface area contributed by atoms with Gasteiger partial charge < -0.3 is 10.2 Å². The van der Waals surface area contributed by atoms with Gasteiger partial charge in [-0.05, 0) is 60.3 Å². The van der Waals surface area contributed by atoms with Crippen LogP contribution < -0.4 is 5.32 Å². The second kappa shape index (κ2) is 8.12. The summed E-state index contributed by atoms with van der Waals surface area (Å²) in [6.45, 7) is 12.5. The Morgan fingerprint density at radius 2 is 1.60 bits per heavy atom. The van der Waals surface area contributed by atoms with E-state index in [-0.39, 0.29) is 5.54 Å². The number of rotatable bonds is 8. The van der Waals surface area contributed by atoms with E-state index in [1.165, 1.54) is 38.8 Å². The van der Waals surface area contributed by atoms with Gasteiger partial charge in [-0.1, -0.05) is 19.8 Å². The SMILES string of the molecule is CCCCCN(C)CCCNC(C)(C)C. The van der Waals surface area contributed by atoms with Crippen LogP contribution >= 0.6 is 0 Å². The van der Waals surface area contributed by atoms with Crippen molar-refractivity contribution in [2.45, 2.75) is 58.9 Å². The summed E-state index contributed by atoms with van der Waals surface area (Å²) in [4.78, 5) is 2.44. The third-order valence-electron chi connectivity index (χ3n) is 2.52. The van der Waals surface area contributed by atoms with Crippen molar-refractivity contribution in [1.29, 1.82) is 0 Å². The number of hydrogen-bond acceptors (Lipinski definition) is 2. The van der Waals surface area contributed by atoms with Crippen molar-refractivity contribution >= 4 is 0 Å². The Morgan fingerprint density at radius 3 is 2.13 bits per heavy atom. The molecule has 92 valence electrons. The Morgan fingerprint density at radius 1 is 1.00 bits per heavy atom. The van der Waals surface area contributed by atoms with Gasteiger partial charge in [0.2, 0.25) is 0 Å². The molecule has 0 aliphatic heterocycles. The molecule has 0 atom stereocenters. The van der Waals surface area contributed by atoms with Crippen molar-refractivity contribution in [3.05, 3.63) is 0 Å². The van der Waals surface area contributed by atoms with Gasteiger partial charge in [0, 0.05) is 5.54 Å². The fourth-order valence-electron chi connectivity index (χ4n) is 1.56. The van der Waals surface area contributed by atoms with Crippen LogP contribution in [0, 0.1) is 0 Å². The van der Waals surface area contributed by atoms with Crippen LogP contribution in [-0.4, -0.2) is 37.1 Å². The molecule has 0 aromatic carbocycles. The summed E-state index contributed by atoms with van der Waals surface area (Å²) < 4.78 is 0. The molecule has 0 fully saturated rings. The highest BCUT2D eigenvalue weighted by atomic mass is 15.1. The lowest BCUT2D eigenvalue weighted by Gasteiger charge is -2.22. The molecule has 2 heteroatoms. The van der Waals surface area contributed by atoms with Crippen LogP contribution in [0.15, 0.2) is 0 Å². The van der Waals surface area contributed by atoms with Crippen molar-refractivity contribution in [2.24, 2.45) is 0 Å². The first kappa shape index (κ1) is 14.9. The zero-order valence-electron chi connectivity index (χ0n) is 11.4. The normalized spacial score (nSPS) is 12.4. The second-order valence-corrected chi connectivity index (χ2v) is 5.54. The smallest absolute Gasteiger partial charge is 0.00965 e. The highest BCUT2D eigenvalue weighted by Gasteiger charge is 2.07. The van der Waals surface area contributed by atoms with Gasteiger partial charge in [-0.2, -0.15) is 0 Å². The van der Waals surface area contributed by atoms with Gasteiger partial charge in [-0.15, -0.1) is 0 Å². The van der Waals surface area contributed by atoms with Crippen LogP contribution in [0.4, 0.5) is 0 Å². The molecule has 0 rings (SSSR count). The molecular formula is C13H30N2. The summed E-state index contributed by atoms with van der Waals surface area (Å²) in [7, 11) is 2.23. The third kappa shape index (κ3) is 11.8. The molecule has 0 radical (unpaired) electrons. The lowest BCUT2D eigenvalue weighted by molar-refractivity contribution is 0.310. The molecule has 0 saturated heterocycles. The Bertz CT molecular complexity index is 138. The van der Waals surface area contributed by atoms with E-state index in [1.54, 1.807) is 0 Å². The van der Waals surface area contributed by atoms with Crippen LogP contribution in [0.1, 0.15) is 53.4 Å². The Kier molecular flexibility index (Phi) is 8.07. The van der Waals surface area contributed by atoms with Crippen molar-refractivity contribution in [3.63, 3.8) is 0 Å². The molecule has 0 heterocycles. The summed E-state index contributed by atoms with van der Waals surface area (Å²) in [6, 6.07) is 0. The Balaban J connectivity index is 3.27. The molecule has 2 nitrogen and oxygen atoms in total. The van der Waals surface area contributed by atoms with Crippen LogP contribution in [0.5, 0.6) is 0 Å². The largest absolute Gasteiger partial charge is 0.312 e. The van der Waals surface area contributed by atoms with Gasteiger partial charge in [0.05, 0.1) is 0 Å². The van der Waals surface area contributed by atoms with Crippen molar-refractivity contribution in [3.8, 4) is 0 Å². The molecule has 0 bridgehead atoms. The predicted molar refractivity (Wildman–Crippen MR) is 69.4 cm³/mol. The van der Waals surface area contributed by atoms with E-state index < -0.39 is 0 Å². The predicted octanol–water partition coefficient (Wildman–Crippen LogP) is 2.89. The molecule has 15 heavy (non-hydrogen) atoms. The van der Waals surface area contributed by atoms with E-state index >= 15 is 0 Å². The summed E-state index contributed by atoms with van der Waals surface area (Å²) in [5.41, 5.74) is 0.265. The number of nitrogens with zero attached hydrogens (tertiary/aromatic N) is 1. The van der Waals surface area contributed by atoms with Gasteiger partial charge in [-0.25, -0.2) is 0 Å². The maximum absolute atomic E-state index is 3.52. The average molecular weight is 214 g/mol. The zero-order chi connectivity index (χ0) is 11.7. The monoisotopic (exact) mass is 214 g/mol. The second-order valence-electron chi connectivity index (χ2n) is 5.54. The molecule has 0 spiro atoms. The van der Waals surface area contributed by atoms with Crippen molar-refractivity contribution < 1.29 is 0 Å². The average Bonchev–Trinajstić information content (AvgIpc) is 2.11. The lowest BCUT2D eigenvalue weighted by atomic mass is 10.1. The van der Waals surface area contributed by atoms with Crippen LogP contribution in [-0.2, 0) is 0 Å². The number of unbranched alkanes of at least 4 members (excludes halogenated alkanes) is 2. The molecule has 0 amide bonds. The minimum atomic E-state index is 0.265.